The van der Waals surface area contributed by atoms with Crippen LogP contribution in [0.15, 0.2) is 12.1 Å². The minimum atomic E-state index is -0.741. The number of hydrogen-bond donors (Lipinski definition) is 2. The first kappa shape index (κ1) is 10.0. The minimum absolute atomic E-state index is 0.0537. The van der Waals surface area contributed by atoms with Crippen molar-refractivity contribution in [3.63, 3.8) is 0 Å². The number of aryl methyl sites for hydroxylation is 1. The molecular weight excluding hydrogens is 190 g/mol. The van der Waals surface area contributed by atoms with Gasteiger partial charge in [0.25, 0.3) is 0 Å². The van der Waals surface area contributed by atoms with Crippen molar-refractivity contribution in [2.45, 2.75) is 32.7 Å². The molecular formula is C12H15NO2. The Morgan fingerprint density at radius 2 is 2.27 bits per heavy atom. The SMILES string of the molecule is Cc1ccc2c(c1C)NC(CC(=O)O)C2. The van der Waals surface area contributed by atoms with Crippen LogP contribution in [0, 0.1) is 13.8 Å². The summed E-state index contributed by atoms with van der Waals surface area (Å²) in [5.74, 6) is -0.741. The highest BCUT2D eigenvalue weighted by Gasteiger charge is 2.24. The fraction of sp³-hybridized carbons (Fsp3) is 0.417. The van der Waals surface area contributed by atoms with E-state index in [1.54, 1.807) is 0 Å². The number of rotatable bonds is 2. The maximum absolute atomic E-state index is 10.6. The Morgan fingerprint density at radius 1 is 1.53 bits per heavy atom. The highest BCUT2D eigenvalue weighted by molar-refractivity contribution is 5.71. The van der Waals surface area contributed by atoms with Crippen LogP contribution in [0.4, 0.5) is 5.69 Å². The van der Waals surface area contributed by atoms with Crippen LogP contribution in [0.5, 0.6) is 0 Å². The predicted molar refractivity (Wildman–Crippen MR) is 59.3 cm³/mol. The molecule has 0 aliphatic carbocycles. The molecule has 0 radical (unpaired) electrons. The molecule has 0 spiro atoms. The Morgan fingerprint density at radius 3 is 2.93 bits per heavy atom. The van der Waals surface area contributed by atoms with Crippen molar-refractivity contribution < 1.29 is 9.90 Å². The molecule has 2 N–H and O–H groups in total. The number of anilines is 1. The third-order valence-electron chi connectivity index (χ3n) is 3.06. The van der Waals surface area contributed by atoms with E-state index in [2.05, 4.69) is 31.3 Å². The van der Waals surface area contributed by atoms with E-state index in [-0.39, 0.29) is 12.5 Å². The summed E-state index contributed by atoms with van der Waals surface area (Å²) in [7, 11) is 0. The molecule has 0 saturated heterocycles. The van der Waals surface area contributed by atoms with E-state index in [1.165, 1.54) is 16.7 Å². The fourth-order valence-electron chi connectivity index (χ4n) is 2.10. The molecule has 1 unspecified atom stereocenters. The second kappa shape index (κ2) is 3.57. The zero-order chi connectivity index (χ0) is 11.0. The van der Waals surface area contributed by atoms with Crippen molar-refractivity contribution in [1.82, 2.24) is 0 Å². The van der Waals surface area contributed by atoms with E-state index in [0.717, 1.165) is 12.1 Å². The average molecular weight is 205 g/mol. The quantitative estimate of drug-likeness (QED) is 0.777. The van der Waals surface area contributed by atoms with E-state index in [9.17, 15) is 4.79 Å². The lowest BCUT2D eigenvalue weighted by Gasteiger charge is -2.10. The van der Waals surface area contributed by atoms with E-state index < -0.39 is 5.97 Å². The number of fused-ring (bicyclic) bond motifs is 1. The third-order valence-corrected chi connectivity index (χ3v) is 3.06. The van der Waals surface area contributed by atoms with Gasteiger partial charge in [0.05, 0.1) is 6.42 Å². The normalized spacial score (nSPS) is 18.4. The topological polar surface area (TPSA) is 49.3 Å². The molecule has 1 heterocycles. The van der Waals surface area contributed by atoms with Gasteiger partial charge >= 0.3 is 5.97 Å². The standard InChI is InChI=1S/C12H15NO2/c1-7-3-4-9-5-10(6-11(14)15)13-12(9)8(7)2/h3-4,10,13H,5-6H2,1-2H3,(H,14,15). The van der Waals surface area contributed by atoms with Crippen LogP contribution >= 0.6 is 0 Å². The number of aliphatic carboxylic acids is 1. The number of nitrogens with one attached hydrogen (secondary N) is 1. The molecule has 0 bridgehead atoms. The van der Waals surface area contributed by atoms with Gasteiger partial charge < -0.3 is 10.4 Å². The number of carboxylic acids is 1. The van der Waals surface area contributed by atoms with Crippen LogP contribution in [0.25, 0.3) is 0 Å². The Bertz CT molecular complexity index is 412. The van der Waals surface area contributed by atoms with Crippen molar-refractivity contribution in [3.8, 4) is 0 Å². The van der Waals surface area contributed by atoms with Gasteiger partial charge in [-0.15, -0.1) is 0 Å². The number of carboxylic acid groups (broad SMARTS) is 1. The summed E-state index contributed by atoms with van der Waals surface area (Å²) in [6.45, 7) is 4.14. The molecule has 3 nitrogen and oxygen atoms in total. The lowest BCUT2D eigenvalue weighted by molar-refractivity contribution is -0.137. The first-order valence-electron chi connectivity index (χ1n) is 5.15. The van der Waals surface area contributed by atoms with Crippen LogP contribution in [0.3, 0.4) is 0 Å². The molecule has 0 saturated carbocycles. The smallest absolute Gasteiger partial charge is 0.305 e. The van der Waals surface area contributed by atoms with Crippen LogP contribution < -0.4 is 5.32 Å². The second-order valence-corrected chi connectivity index (χ2v) is 4.18. The lowest BCUT2D eigenvalue weighted by atomic mass is 10.0. The number of benzene rings is 1. The Balaban J connectivity index is 2.24. The van der Waals surface area contributed by atoms with Gasteiger partial charge in [-0.3, -0.25) is 4.79 Å². The molecule has 80 valence electrons. The summed E-state index contributed by atoms with van der Waals surface area (Å²) in [5, 5.41) is 12.0. The highest BCUT2D eigenvalue weighted by atomic mass is 16.4. The van der Waals surface area contributed by atoms with Crippen molar-refractivity contribution >= 4 is 11.7 Å². The molecule has 3 heteroatoms. The zero-order valence-corrected chi connectivity index (χ0v) is 9.00. The molecule has 0 fully saturated rings. The second-order valence-electron chi connectivity index (χ2n) is 4.18. The van der Waals surface area contributed by atoms with E-state index >= 15 is 0 Å². The van der Waals surface area contributed by atoms with Gasteiger partial charge in [0.1, 0.15) is 0 Å². The largest absolute Gasteiger partial charge is 0.481 e. The molecule has 1 aliphatic heterocycles. The summed E-state index contributed by atoms with van der Waals surface area (Å²) < 4.78 is 0. The van der Waals surface area contributed by atoms with Gasteiger partial charge in [0, 0.05) is 11.7 Å². The van der Waals surface area contributed by atoms with Crippen molar-refractivity contribution in [3.05, 3.63) is 28.8 Å². The van der Waals surface area contributed by atoms with Gasteiger partial charge in [-0.25, -0.2) is 0 Å². The predicted octanol–water partition coefficient (Wildman–Crippen LogP) is 2.11. The van der Waals surface area contributed by atoms with Gasteiger partial charge in [0.2, 0.25) is 0 Å². The Hall–Kier alpha value is -1.51. The van der Waals surface area contributed by atoms with Crippen LogP contribution in [0.1, 0.15) is 23.1 Å². The molecule has 15 heavy (non-hydrogen) atoms. The first-order valence-corrected chi connectivity index (χ1v) is 5.15. The van der Waals surface area contributed by atoms with Crippen molar-refractivity contribution in [2.75, 3.05) is 5.32 Å². The maximum atomic E-state index is 10.6. The Labute approximate surface area is 89.1 Å². The van der Waals surface area contributed by atoms with E-state index in [4.69, 9.17) is 5.11 Å². The van der Waals surface area contributed by atoms with Crippen LogP contribution in [-0.2, 0) is 11.2 Å². The van der Waals surface area contributed by atoms with Gasteiger partial charge in [-0.05, 0) is 37.0 Å². The summed E-state index contributed by atoms with van der Waals surface area (Å²) >= 11 is 0. The maximum Gasteiger partial charge on any atom is 0.305 e. The van der Waals surface area contributed by atoms with Gasteiger partial charge in [-0.1, -0.05) is 12.1 Å². The van der Waals surface area contributed by atoms with Crippen molar-refractivity contribution in [2.24, 2.45) is 0 Å². The summed E-state index contributed by atoms with van der Waals surface area (Å²) in [6, 6.07) is 4.24. The van der Waals surface area contributed by atoms with Gasteiger partial charge in [0.15, 0.2) is 0 Å². The molecule has 1 atom stereocenters. The fourth-order valence-corrected chi connectivity index (χ4v) is 2.10. The third kappa shape index (κ3) is 1.82. The number of carbonyl (C=O) groups is 1. The summed E-state index contributed by atoms with van der Waals surface area (Å²) in [4.78, 5) is 10.6. The molecule has 1 aliphatic rings. The molecule has 1 aromatic rings. The van der Waals surface area contributed by atoms with Gasteiger partial charge in [-0.2, -0.15) is 0 Å². The van der Waals surface area contributed by atoms with Crippen LogP contribution in [0.2, 0.25) is 0 Å². The summed E-state index contributed by atoms with van der Waals surface area (Å²) in [5.41, 5.74) is 4.86. The molecule has 0 amide bonds. The molecule has 2 rings (SSSR count). The minimum Gasteiger partial charge on any atom is -0.481 e. The molecule has 1 aromatic carbocycles. The molecule has 0 aromatic heterocycles. The van der Waals surface area contributed by atoms with E-state index in [1.807, 2.05) is 0 Å². The monoisotopic (exact) mass is 205 g/mol. The van der Waals surface area contributed by atoms with Crippen molar-refractivity contribution in [1.29, 1.82) is 0 Å². The highest BCUT2D eigenvalue weighted by Crippen LogP contribution is 2.31. The lowest BCUT2D eigenvalue weighted by Crippen LogP contribution is -2.19. The average Bonchev–Trinajstić information content (AvgIpc) is 2.54. The summed E-state index contributed by atoms with van der Waals surface area (Å²) in [6.07, 6.45) is 1.01. The van der Waals surface area contributed by atoms with Crippen LogP contribution in [-0.4, -0.2) is 17.1 Å². The Kier molecular flexibility index (Phi) is 2.39. The first-order chi connectivity index (χ1) is 7.08. The van der Waals surface area contributed by atoms with E-state index in [0.29, 0.717) is 0 Å². The number of hydrogen-bond acceptors (Lipinski definition) is 2. The zero-order valence-electron chi connectivity index (χ0n) is 9.00.